The van der Waals surface area contributed by atoms with Gasteiger partial charge in [-0.15, -0.1) is 0 Å². The van der Waals surface area contributed by atoms with Crippen molar-refractivity contribution in [3.63, 3.8) is 0 Å². The van der Waals surface area contributed by atoms with Gasteiger partial charge in [0.05, 0.1) is 19.0 Å². The Labute approximate surface area is 81.1 Å². The average molecular weight is 203 g/mol. The minimum Gasteiger partial charge on any atom is -0.380 e. The number of hydrogen-bond donors (Lipinski definition) is 0. The van der Waals surface area contributed by atoms with Crippen LogP contribution in [-0.4, -0.2) is 22.8 Å². The van der Waals surface area contributed by atoms with E-state index in [9.17, 15) is 4.79 Å². The lowest BCUT2D eigenvalue weighted by Crippen LogP contribution is -2.25. The summed E-state index contributed by atoms with van der Waals surface area (Å²) in [5.74, 6) is 0. The molecule has 0 fully saturated rings. The summed E-state index contributed by atoms with van der Waals surface area (Å²) in [7, 11) is 1.60. The Morgan fingerprint density at radius 3 is 3.00 bits per heavy atom. The molecule has 0 bridgehead atoms. The van der Waals surface area contributed by atoms with Crippen LogP contribution in [0.15, 0.2) is 17.2 Å². The average Bonchev–Trinajstić information content (AvgIpc) is 2.09. The summed E-state index contributed by atoms with van der Waals surface area (Å²) in [4.78, 5) is 15.1. The molecule has 0 aromatic carbocycles. The predicted octanol–water partition coefficient (Wildman–Crippen LogP) is 0.932. The van der Waals surface area contributed by atoms with E-state index in [1.165, 1.54) is 17.0 Å². The van der Waals surface area contributed by atoms with Crippen LogP contribution in [0.3, 0.4) is 0 Å². The molecular formula is C8H11ClN2O2. The second-order valence-corrected chi connectivity index (χ2v) is 3.14. The van der Waals surface area contributed by atoms with E-state index in [2.05, 4.69) is 4.98 Å². The van der Waals surface area contributed by atoms with E-state index in [0.717, 1.165) is 0 Å². The summed E-state index contributed by atoms with van der Waals surface area (Å²) < 4.78 is 6.48. The van der Waals surface area contributed by atoms with E-state index in [4.69, 9.17) is 16.3 Å². The molecule has 0 aliphatic rings. The second kappa shape index (κ2) is 4.39. The molecule has 0 aliphatic carbocycles. The van der Waals surface area contributed by atoms with Gasteiger partial charge in [0, 0.05) is 13.2 Å². The van der Waals surface area contributed by atoms with E-state index in [1.54, 1.807) is 7.11 Å². The number of rotatable bonds is 3. The van der Waals surface area contributed by atoms with Crippen molar-refractivity contribution in [2.45, 2.75) is 19.6 Å². The fraction of sp³-hybridized carbons (Fsp3) is 0.500. The summed E-state index contributed by atoms with van der Waals surface area (Å²) >= 11 is 5.53. The van der Waals surface area contributed by atoms with Gasteiger partial charge >= 0.3 is 0 Å². The van der Waals surface area contributed by atoms with E-state index < -0.39 is 0 Å². The van der Waals surface area contributed by atoms with Crippen molar-refractivity contribution >= 4 is 11.6 Å². The molecule has 1 rings (SSSR count). The highest BCUT2D eigenvalue weighted by atomic mass is 35.5. The maximum atomic E-state index is 11.3. The lowest BCUT2D eigenvalue weighted by molar-refractivity contribution is 0.102. The van der Waals surface area contributed by atoms with Crippen LogP contribution in [-0.2, 0) is 11.3 Å². The highest BCUT2D eigenvalue weighted by Gasteiger charge is 2.03. The van der Waals surface area contributed by atoms with Crippen LogP contribution in [0.2, 0.25) is 5.15 Å². The third-order valence-electron chi connectivity index (χ3n) is 1.70. The number of methoxy groups -OCH3 is 1. The van der Waals surface area contributed by atoms with Crippen LogP contribution in [0, 0.1) is 0 Å². The van der Waals surface area contributed by atoms with E-state index in [0.29, 0.717) is 6.54 Å². The molecule has 5 heteroatoms. The summed E-state index contributed by atoms with van der Waals surface area (Å²) in [6.07, 6.45) is 1.40. The third kappa shape index (κ3) is 2.82. The van der Waals surface area contributed by atoms with Crippen LogP contribution < -0.4 is 5.56 Å². The van der Waals surface area contributed by atoms with Gasteiger partial charge in [0.15, 0.2) is 0 Å². The summed E-state index contributed by atoms with van der Waals surface area (Å²) in [5.41, 5.74) is -0.163. The summed E-state index contributed by atoms with van der Waals surface area (Å²) in [5, 5.41) is 0.214. The van der Waals surface area contributed by atoms with Crippen molar-refractivity contribution in [2.75, 3.05) is 7.11 Å². The SMILES string of the molecule is COC(C)Cn1cnc(Cl)cc1=O. The molecule has 0 spiro atoms. The predicted molar refractivity (Wildman–Crippen MR) is 50.0 cm³/mol. The third-order valence-corrected chi connectivity index (χ3v) is 1.91. The Balaban J connectivity index is 2.84. The monoisotopic (exact) mass is 202 g/mol. The molecule has 13 heavy (non-hydrogen) atoms. The number of ether oxygens (including phenoxy) is 1. The second-order valence-electron chi connectivity index (χ2n) is 2.75. The zero-order valence-corrected chi connectivity index (χ0v) is 8.28. The Bertz CT molecular complexity index is 337. The smallest absolute Gasteiger partial charge is 0.254 e. The lowest BCUT2D eigenvalue weighted by Gasteiger charge is -2.10. The Morgan fingerprint density at radius 1 is 1.77 bits per heavy atom. The van der Waals surface area contributed by atoms with Gasteiger partial charge in [-0.3, -0.25) is 9.36 Å². The van der Waals surface area contributed by atoms with Crippen molar-refractivity contribution in [1.29, 1.82) is 0 Å². The Kier molecular flexibility index (Phi) is 3.45. The number of aromatic nitrogens is 2. The normalized spacial score (nSPS) is 12.8. The molecule has 0 aliphatic heterocycles. The van der Waals surface area contributed by atoms with Gasteiger partial charge in [0.1, 0.15) is 5.15 Å². The Morgan fingerprint density at radius 2 is 2.46 bits per heavy atom. The van der Waals surface area contributed by atoms with Gasteiger partial charge in [0.25, 0.3) is 5.56 Å². The van der Waals surface area contributed by atoms with Crippen molar-refractivity contribution in [2.24, 2.45) is 0 Å². The molecular weight excluding hydrogens is 192 g/mol. The molecule has 0 N–H and O–H groups in total. The maximum absolute atomic E-state index is 11.3. The largest absolute Gasteiger partial charge is 0.380 e. The molecule has 0 saturated carbocycles. The number of halogens is 1. The zero-order chi connectivity index (χ0) is 9.84. The Hall–Kier alpha value is -0.870. The number of nitrogens with zero attached hydrogens (tertiary/aromatic N) is 2. The fourth-order valence-corrected chi connectivity index (χ4v) is 1.03. The van der Waals surface area contributed by atoms with Crippen LogP contribution >= 0.6 is 11.6 Å². The van der Waals surface area contributed by atoms with Gasteiger partial charge < -0.3 is 4.74 Å². The number of hydrogen-bond acceptors (Lipinski definition) is 3. The molecule has 1 aromatic heterocycles. The molecule has 1 heterocycles. The molecule has 0 saturated heterocycles. The fourth-order valence-electron chi connectivity index (χ4n) is 0.892. The van der Waals surface area contributed by atoms with Gasteiger partial charge in [-0.1, -0.05) is 11.6 Å². The topological polar surface area (TPSA) is 44.1 Å². The van der Waals surface area contributed by atoms with Gasteiger partial charge in [0.2, 0.25) is 0 Å². The molecule has 4 nitrogen and oxygen atoms in total. The van der Waals surface area contributed by atoms with Crippen LogP contribution in [0.25, 0.3) is 0 Å². The minimum absolute atomic E-state index is 0.0133. The molecule has 1 atom stereocenters. The zero-order valence-electron chi connectivity index (χ0n) is 7.53. The van der Waals surface area contributed by atoms with Gasteiger partial charge in [-0.25, -0.2) is 4.98 Å². The lowest BCUT2D eigenvalue weighted by atomic mass is 10.4. The van der Waals surface area contributed by atoms with E-state index in [-0.39, 0.29) is 16.8 Å². The van der Waals surface area contributed by atoms with Crippen molar-refractivity contribution in [1.82, 2.24) is 9.55 Å². The van der Waals surface area contributed by atoms with Gasteiger partial charge in [-0.2, -0.15) is 0 Å². The first-order chi connectivity index (χ1) is 6.13. The standard InChI is InChI=1S/C8H11ClN2O2/c1-6(13-2)4-11-5-10-7(9)3-8(11)12/h3,5-6H,4H2,1-2H3. The summed E-state index contributed by atoms with van der Waals surface area (Å²) in [6, 6.07) is 1.28. The van der Waals surface area contributed by atoms with Crippen molar-refractivity contribution in [3.8, 4) is 0 Å². The highest BCUT2D eigenvalue weighted by molar-refractivity contribution is 6.29. The first-order valence-electron chi connectivity index (χ1n) is 3.88. The molecule has 72 valence electrons. The molecule has 1 unspecified atom stereocenters. The van der Waals surface area contributed by atoms with Crippen molar-refractivity contribution in [3.05, 3.63) is 27.9 Å². The maximum Gasteiger partial charge on any atom is 0.254 e. The van der Waals surface area contributed by atoms with Crippen LogP contribution in [0.5, 0.6) is 0 Å². The first kappa shape index (κ1) is 10.2. The summed E-state index contributed by atoms with van der Waals surface area (Å²) in [6.45, 7) is 2.36. The minimum atomic E-state index is -0.163. The van der Waals surface area contributed by atoms with Crippen LogP contribution in [0.1, 0.15) is 6.92 Å². The van der Waals surface area contributed by atoms with E-state index >= 15 is 0 Å². The molecule has 0 radical (unpaired) electrons. The van der Waals surface area contributed by atoms with E-state index in [1.807, 2.05) is 6.92 Å². The molecule has 0 amide bonds. The van der Waals surface area contributed by atoms with Gasteiger partial charge in [-0.05, 0) is 6.92 Å². The van der Waals surface area contributed by atoms with Crippen LogP contribution in [0.4, 0.5) is 0 Å². The van der Waals surface area contributed by atoms with Crippen molar-refractivity contribution < 1.29 is 4.74 Å². The quantitative estimate of drug-likeness (QED) is 0.685. The molecule has 1 aromatic rings. The highest BCUT2D eigenvalue weighted by Crippen LogP contribution is 1.98. The first-order valence-corrected chi connectivity index (χ1v) is 4.26.